The van der Waals surface area contributed by atoms with E-state index in [2.05, 4.69) is 4.72 Å². The van der Waals surface area contributed by atoms with E-state index in [1.54, 1.807) is 12.1 Å². The van der Waals surface area contributed by atoms with Crippen LogP contribution in [0.25, 0.3) is 21.9 Å². The zero-order chi connectivity index (χ0) is 12.8. The van der Waals surface area contributed by atoms with Gasteiger partial charge in [0.15, 0.2) is 0 Å². The molecule has 0 fully saturated rings. The number of rotatable bonds is 2. The van der Waals surface area contributed by atoms with Crippen LogP contribution in [0.1, 0.15) is 0 Å². The van der Waals surface area contributed by atoms with Crippen LogP contribution in [0.5, 0.6) is 0 Å². The van der Waals surface area contributed by atoms with Crippen molar-refractivity contribution in [1.29, 1.82) is 0 Å². The molecule has 4 nitrogen and oxygen atoms in total. The molecule has 1 heterocycles. The van der Waals surface area contributed by atoms with E-state index in [-0.39, 0.29) is 4.90 Å². The Morgan fingerprint density at radius 2 is 1.72 bits per heavy atom. The minimum absolute atomic E-state index is 0.240. The van der Waals surface area contributed by atoms with Crippen molar-refractivity contribution < 1.29 is 12.8 Å². The van der Waals surface area contributed by atoms with Gasteiger partial charge in [-0.3, -0.25) is 0 Å². The molecule has 0 aliphatic rings. The van der Waals surface area contributed by atoms with E-state index < -0.39 is 10.0 Å². The number of hydrogen-bond donors (Lipinski definition) is 1. The van der Waals surface area contributed by atoms with Gasteiger partial charge in [0.05, 0.1) is 4.90 Å². The minimum Gasteiger partial charge on any atom is -0.456 e. The van der Waals surface area contributed by atoms with Gasteiger partial charge in [0.1, 0.15) is 11.2 Å². The SMILES string of the molecule is CNS(=O)(=O)c1ccc2oc3ccccc3c2c1. The largest absolute Gasteiger partial charge is 0.456 e. The van der Waals surface area contributed by atoms with Crippen molar-refractivity contribution in [2.45, 2.75) is 4.90 Å². The van der Waals surface area contributed by atoms with Crippen molar-refractivity contribution in [2.24, 2.45) is 0 Å². The number of benzene rings is 2. The number of furan rings is 1. The van der Waals surface area contributed by atoms with Crippen LogP contribution >= 0.6 is 0 Å². The zero-order valence-corrected chi connectivity index (χ0v) is 10.5. The molecule has 0 aliphatic heterocycles. The van der Waals surface area contributed by atoms with Gasteiger partial charge in [-0.2, -0.15) is 0 Å². The molecule has 2 aromatic carbocycles. The van der Waals surface area contributed by atoms with Gasteiger partial charge in [-0.1, -0.05) is 18.2 Å². The molecule has 0 atom stereocenters. The lowest BCUT2D eigenvalue weighted by Gasteiger charge is -2.01. The molecule has 0 bridgehead atoms. The summed E-state index contributed by atoms with van der Waals surface area (Å²) in [5, 5.41) is 1.72. The summed E-state index contributed by atoms with van der Waals surface area (Å²) in [6.45, 7) is 0. The maximum Gasteiger partial charge on any atom is 0.240 e. The van der Waals surface area contributed by atoms with Crippen LogP contribution in [0, 0.1) is 0 Å². The lowest BCUT2D eigenvalue weighted by atomic mass is 10.1. The zero-order valence-electron chi connectivity index (χ0n) is 9.67. The van der Waals surface area contributed by atoms with Crippen molar-refractivity contribution >= 4 is 32.0 Å². The second-order valence-electron chi connectivity index (χ2n) is 3.96. The molecule has 0 unspecified atom stereocenters. The summed E-state index contributed by atoms with van der Waals surface area (Å²) in [5.74, 6) is 0. The van der Waals surface area contributed by atoms with Gasteiger partial charge >= 0.3 is 0 Å². The number of nitrogens with one attached hydrogen (secondary N) is 1. The standard InChI is InChI=1S/C13H11NO3S/c1-14-18(15,16)9-6-7-13-11(8-9)10-4-2-3-5-12(10)17-13/h2-8,14H,1H3. The maximum absolute atomic E-state index is 11.8. The van der Waals surface area contributed by atoms with E-state index in [0.29, 0.717) is 5.58 Å². The summed E-state index contributed by atoms with van der Waals surface area (Å²) in [4.78, 5) is 0.240. The van der Waals surface area contributed by atoms with Crippen LogP contribution in [0.4, 0.5) is 0 Å². The average Bonchev–Trinajstić information content (AvgIpc) is 2.76. The first kappa shape index (κ1) is 11.3. The minimum atomic E-state index is -3.43. The molecule has 18 heavy (non-hydrogen) atoms. The van der Waals surface area contributed by atoms with E-state index in [1.807, 2.05) is 24.3 Å². The van der Waals surface area contributed by atoms with E-state index in [1.165, 1.54) is 13.1 Å². The van der Waals surface area contributed by atoms with Crippen molar-refractivity contribution in [1.82, 2.24) is 4.72 Å². The second kappa shape index (κ2) is 3.83. The van der Waals surface area contributed by atoms with Gasteiger partial charge in [-0.25, -0.2) is 13.1 Å². The highest BCUT2D eigenvalue weighted by molar-refractivity contribution is 7.89. The predicted molar refractivity (Wildman–Crippen MR) is 70.0 cm³/mol. The molecule has 1 aromatic heterocycles. The molecule has 0 saturated heterocycles. The fourth-order valence-corrected chi connectivity index (χ4v) is 2.75. The molecule has 0 aliphatic carbocycles. The summed E-state index contributed by atoms with van der Waals surface area (Å²) in [6.07, 6.45) is 0. The maximum atomic E-state index is 11.8. The van der Waals surface area contributed by atoms with E-state index in [4.69, 9.17) is 4.42 Å². The first-order valence-corrected chi connectivity index (χ1v) is 6.95. The highest BCUT2D eigenvalue weighted by Gasteiger charge is 2.14. The summed E-state index contributed by atoms with van der Waals surface area (Å²) in [6, 6.07) is 12.4. The Kier molecular flexibility index (Phi) is 2.39. The van der Waals surface area contributed by atoms with E-state index in [9.17, 15) is 8.42 Å². The lowest BCUT2D eigenvalue weighted by Crippen LogP contribution is -2.18. The molecule has 3 aromatic rings. The fraction of sp³-hybridized carbons (Fsp3) is 0.0769. The van der Waals surface area contributed by atoms with Crippen LogP contribution in [-0.2, 0) is 10.0 Å². The molecular weight excluding hydrogens is 250 g/mol. The third-order valence-electron chi connectivity index (χ3n) is 2.93. The first-order valence-electron chi connectivity index (χ1n) is 5.47. The Morgan fingerprint density at radius 1 is 1.00 bits per heavy atom. The molecule has 3 rings (SSSR count). The number of sulfonamides is 1. The molecule has 0 radical (unpaired) electrons. The van der Waals surface area contributed by atoms with Crippen molar-refractivity contribution in [3.8, 4) is 0 Å². The molecule has 5 heteroatoms. The highest BCUT2D eigenvalue weighted by atomic mass is 32.2. The molecule has 1 N–H and O–H groups in total. The van der Waals surface area contributed by atoms with E-state index >= 15 is 0 Å². The molecule has 92 valence electrons. The predicted octanol–water partition coefficient (Wildman–Crippen LogP) is 2.49. The van der Waals surface area contributed by atoms with Gasteiger partial charge in [0.25, 0.3) is 0 Å². The molecule has 0 spiro atoms. The third kappa shape index (κ3) is 1.60. The topological polar surface area (TPSA) is 59.3 Å². The monoisotopic (exact) mass is 261 g/mol. The summed E-state index contributed by atoms with van der Waals surface area (Å²) in [7, 11) is -2.03. The van der Waals surface area contributed by atoms with Crippen LogP contribution < -0.4 is 4.72 Å². The fourth-order valence-electron chi connectivity index (χ4n) is 1.99. The quantitative estimate of drug-likeness (QED) is 0.771. The van der Waals surface area contributed by atoms with Gasteiger partial charge < -0.3 is 4.42 Å². The van der Waals surface area contributed by atoms with Crippen molar-refractivity contribution in [3.63, 3.8) is 0 Å². The Labute approximate surface area is 104 Å². The normalized spacial score (nSPS) is 12.3. The second-order valence-corrected chi connectivity index (χ2v) is 5.85. The van der Waals surface area contributed by atoms with Gasteiger partial charge in [0.2, 0.25) is 10.0 Å². The summed E-state index contributed by atoms with van der Waals surface area (Å²) < 4.78 is 31.5. The Balaban J connectivity index is 2.38. The number of para-hydroxylation sites is 1. The number of hydrogen-bond acceptors (Lipinski definition) is 3. The van der Waals surface area contributed by atoms with Gasteiger partial charge in [0, 0.05) is 10.8 Å². The molecule has 0 saturated carbocycles. The van der Waals surface area contributed by atoms with Crippen LogP contribution in [0.3, 0.4) is 0 Å². The third-order valence-corrected chi connectivity index (χ3v) is 4.34. The smallest absolute Gasteiger partial charge is 0.240 e. The van der Waals surface area contributed by atoms with Crippen LogP contribution in [0.15, 0.2) is 51.8 Å². The molecular formula is C13H11NO3S. The first-order chi connectivity index (χ1) is 8.62. The molecule has 0 amide bonds. The lowest BCUT2D eigenvalue weighted by molar-refractivity contribution is 0.588. The van der Waals surface area contributed by atoms with Crippen LogP contribution in [0.2, 0.25) is 0 Å². The highest BCUT2D eigenvalue weighted by Crippen LogP contribution is 2.30. The van der Waals surface area contributed by atoms with Gasteiger partial charge in [-0.05, 0) is 31.3 Å². The number of fused-ring (bicyclic) bond motifs is 3. The average molecular weight is 261 g/mol. The Bertz CT molecular complexity index is 834. The summed E-state index contributed by atoms with van der Waals surface area (Å²) >= 11 is 0. The Hall–Kier alpha value is -1.85. The van der Waals surface area contributed by atoms with Crippen molar-refractivity contribution in [3.05, 3.63) is 42.5 Å². The Morgan fingerprint density at radius 3 is 2.50 bits per heavy atom. The van der Waals surface area contributed by atoms with Crippen molar-refractivity contribution in [2.75, 3.05) is 7.05 Å². The van der Waals surface area contributed by atoms with Crippen LogP contribution in [-0.4, -0.2) is 15.5 Å². The van der Waals surface area contributed by atoms with Gasteiger partial charge in [-0.15, -0.1) is 0 Å². The summed E-state index contributed by atoms with van der Waals surface area (Å²) in [5.41, 5.74) is 1.44. The van der Waals surface area contributed by atoms with E-state index in [0.717, 1.165) is 16.4 Å².